The van der Waals surface area contributed by atoms with Gasteiger partial charge in [-0.1, -0.05) is 11.8 Å². The Hall–Kier alpha value is -3.73. The number of thioether (sulfide) groups is 1. The number of hydrogen-bond acceptors (Lipinski definition) is 6. The highest BCUT2D eigenvalue weighted by Gasteiger charge is 2.16. The van der Waals surface area contributed by atoms with E-state index in [9.17, 15) is 18.4 Å². The van der Waals surface area contributed by atoms with E-state index in [1.807, 2.05) is 6.92 Å². The minimum Gasteiger partial charge on any atom is -0.494 e. The number of fused-ring (bicyclic) bond motifs is 1. The summed E-state index contributed by atoms with van der Waals surface area (Å²) in [4.78, 5) is 29.8. The van der Waals surface area contributed by atoms with Crippen molar-refractivity contribution in [3.05, 3.63) is 70.6 Å². The summed E-state index contributed by atoms with van der Waals surface area (Å²) < 4.78 is 33.5. The second-order valence-corrected chi connectivity index (χ2v) is 7.53. The lowest BCUT2D eigenvalue weighted by atomic mass is 10.3. The van der Waals surface area contributed by atoms with Gasteiger partial charge in [-0.2, -0.15) is 5.10 Å². The van der Waals surface area contributed by atoms with Crippen LogP contribution in [0.4, 0.5) is 14.5 Å². The molecule has 0 fully saturated rings. The van der Waals surface area contributed by atoms with Crippen LogP contribution in [0.1, 0.15) is 6.92 Å². The first-order chi connectivity index (χ1) is 15.4. The summed E-state index contributed by atoms with van der Waals surface area (Å²) in [6, 6.07) is 9.60. The molecule has 164 valence electrons. The third kappa shape index (κ3) is 4.62. The number of rotatable bonds is 7. The number of amides is 1. The number of aromatic amines is 1. The van der Waals surface area contributed by atoms with Gasteiger partial charge in [-0.05, 0) is 43.3 Å². The maximum Gasteiger partial charge on any atom is 0.269 e. The minimum atomic E-state index is -0.802. The van der Waals surface area contributed by atoms with Crippen molar-refractivity contribution in [1.29, 1.82) is 0 Å². The fraction of sp³-hybridized carbons (Fsp3) is 0.143. The van der Waals surface area contributed by atoms with Crippen LogP contribution in [-0.4, -0.2) is 38.0 Å². The molecule has 4 aromatic rings. The van der Waals surface area contributed by atoms with E-state index >= 15 is 0 Å². The van der Waals surface area contributed by atoms with Crippen LogP contribution in [0.3, 0.4) is 0 Å². The Morgan fingerprint density at radius 2 is 1.91 bits per heavy atom. The van der Waals surface area contributed by atoms with Gasteiger partial charge in [-0.3, -0.25) is 19.3 Å². The Balaban J connectivity index is 1.62. The molecule has 0 bridgehead atoms. The SMILES string of the molecule is CCOc1ccc(-n2c(SCC(=O)Nc3cc(F)cc(F)c3)nc3[nH]ncc3c2=O)cc1. The first-order valence-electron chi connectivity index (χ1n) is 9.52. The smallest absolute Gasteiger partial charge is 0.269 e. The van der Waals surface area contributed by atoms with Crippen molar-refractivity contribution in [2.24, 2.45) is 0 Å². The third-order valence-corrected chi connectivity index (χ3v) is 5.27. The number of benzene rings is 2. The molecule has 1 amide bonds. The molecular weight excluding hydrogens is 440 g/mol. The van der Waals surface area contributed by atoms with Crippen LogP contribution < -0.4 is 15.6 Å². The number of aromatic nitrogens is 4. The maximum absolute atomic E-state index is 13.3. The van der Waals surface area contributed by atoms with Crippen molar-refractivity contribution in [3.8, 4) is 11.4 Å². The standard InChI is InChI=1S/C21H17F2N5O3S/c1-2-31-16-5-3-15(4-6-16)28-20(30)17-10-24-27-19(17)26-21(28)32-11-18(29)25-14-8-12(22)7-13(23)9-14/h3-10H,2,11H2,1H3,(H,24,27)(H,25,29). The summed E-state index contributed by atoms with van der Waals surface area (Å²) in [6.45, 7) is 2.38. The average molecular weight is 457 g/mol. The van der Waals surface area contributed by atoms with E-state index in [-0.39, 0.29) is 27.8 Å². The van der Waals surface area contributed by atoms with Crippen molar-refractivity contribution >= 4 is 34.4 Å². The van der Waals surface area contributed by atoms with Gasteiger partial charge >= 0.3 is 0 Å². The van der Waals surface area contributed by atoms with Gasteiger partial charge in [0.05, 0.1) is 24.2 Å². The lowest BCUT2D eigenvalue weighted by Gasteiger charge is -2.13. The quantitative estimate of drug-likeness (QED) is 0.325. The molecule has 2 aromatic carbocycles. The number of anilines is 1. The molecule has 0 aliphatic carbocycles. The molecule has 8 nitrogen and oxygen atoms in total. The second kappa shape index (κ2) is 9.18. The molecule has 0 aliphatic heterocycles. The minimum absolute atomic E-state index is 0.00557. The largest absolute Gasteiger partial charge is 0.494 e. The van der Waals surface area contributed by atoms with E-state index in [0.29, 0.717) is 29.5 Å². The van der Waals surface area contributed by atoms with E-state index in [4.69, 9.17) is 4.74 Å². The number of hydrogen-bond donors (Lipinski definition) is 2. The molecule has 2 N–H and O–H groups in total. The molecule has 0 atom stereocenters. The van der Waals surface area contributed by atoms with Crippen LogP contribution >= 0.6 is 11.8 Å². The number of carbonyl (C=O) groups excluding carboxylic acids is 1. The van der Waals surface area contributed by atoms with Crippen LogP contribution in [0.15, 0.2) is 58.6 Å². The molecule has 0 spiro atoms. The van der Waals surface area contributed by atoms with E-state index in [1.54, 1.807) is 24.3 Å². The fourth-order valence-electron chi connectivity index (χ4n) is 3.01. The molecule has 0 radical (unpaired) electrons. The zero-order chi connectivity index (χ0) is 22.7. The topological polar surface area (TPSA) is 102 Å². The molecule has 0 saturated heterocycles. The van der Waals surface area contributed by atoms with Crippen molar-refractivity contribution in [2.45, 2.75) is 12.1 Å². The molecule has 0 saturated carbocycles. The predicted octanol–water partition coefficient (Wildman–Crippen LogP) is 3.52. The molecule has 0 unspecified atom stereocenters. The Morgan fingerprint density at radius 1 is 1.19 bits per heavy atom. The normalized spacial score (nSPS) is 11.0. The van der Waals surface area contributed by atoms with Crippen LogP contribution in [0.5, 0.6) is 5.75 Å². The lowest BCUT2D eigenvalue weighted by Crippen LogP contribution is -2.22. The summed E-state index contributed by atoms with van der Waals surface area (Å²) in [7, 11) is 0. The van der Waals surface area contributed by atoms with E-state index in [2.05, 4.69) is 20.5 Å². The van der Waals surface area contributed by atoms with Gasteiger partial charge in [0.1, 0.15) is 22.8 Å². The number of ether oxygens (including phenoxy) is 1. The summed E-state index contributed by atoms with van der Waals surface area (Å²) >= 11 is 0.998. The molecular formula is C21H17F2N5O3S. The lowest BCUT2D eigenvalue weighted by molar-refractivity contribution is -0.113. The molecule has 2 heterocycles. The van der Waals surface area contributed by atoms with E-state index in [0.717, 1.165) is 23.9 Å². The summed E-state index contributed by atoms with van der Waals surface area (Å²) in [5.41, 5.74) is 0.452. The number of halogens is 2. The van der Waals surface area contributed by atoms with Gasteiger partial charge in [0.2, 0.25) is 5.91 Å². The Morgan fingerprint density at radius 3 is 2.59 bits per heavy atom. The van der Waals surface area contributed by atoms with Crippen molar-refractivity contribution in [3.63, 3.8) is 0 Å². The Labute approximate surface area is 184 Å². The van der Waals surface area contributed by atoms with Gasteiger partial charge in [0.25, 0.3) is 5.56 Å². The Bertz CT molecular complexity index is 1320. The fourth-order valence-corrected chi connectivity index (χ4v) is 3.82. The van der Waals surface area contributed by atoms with E-state index < -0.39 is 17.5 Å². The monoisotopic (exact) mass is 457 g/mol. The van der Waals surface area contributed by atoms with Crippen LogP contribution in [0.25, 0.3) is 16.7 Å². The number of carbonyl (C=O) groups is 1. The Kier molecular flexibility index (Phi) is 6.17. The summed E-state index contributed by atoms with van der Waals surface area (Å²) in [6.07, 6.45) is 1.38. The molecule has 11 heteroatoms. The first-order valence-corrected chi connectivity index (χ1v) is 10.5. The van der Waals surface area contributed by atoms with Gasteiger partial charge < -0.3 is 10.1 Å². The van der Waals surface area contributed by atoms with Gasteiger partial charge in [-0.25, -0.2) is 13.8 Å². The molecule has 0 aliphatic rings. The summed E-state index contributed by atoms with van der Waals surface area (Å²) in [5.74, 6) is -1.62. The zero-order valence-electron chi connectivity index (χ0n) is 16.8. The van der Waals surface area contributed by atoms with Gasteiger partial charge in [0, 0.05) is 11.8 Å². The first kappa shape index (κ1) is 21.5. The van der Waals surface area contributed by atoms with Crippen molar-refractivity contribution in [2.75, 3.05) is 17.7 Å². The van der Waals surface area contributed by atoms with Crippen LogP contribution in [0.2, 0.25) is 0 Å². The van der Waals surface area contributed by atoms with Crippen LogP contribution in [0, 0.1) is 11.6 Å². The molecule has 2 aromatic heterocycles. The maximum atomic E-state index is 13.3. The number of nitrogens with one attached hydrogen (secondary N) is 2. The van der Waals surface area contributed by atoms with Crippen LogP contribution in [-0.2, 0) is 4.79 Å². The summed E-state index contributed by atoms with van der Waals surface area (Å²) in [5, 5.41) is 9.49. The number of H-pyrrole nitrogens is 1. The molecule has 32 heavy (non-hydrogen) atoms. The predicted molar refractivity (Wildman–Crippen MR) is 116 cm³/mol. The zero-order valence-corrected chi connectivity index (χ0v) is 17.6. The van der Waals surface area contributed by atoms with Gasteiger partial charge in [-0.15, -0.1) is 0 Å². The third-order valence-electron chi connectivity index (χ3n) is 4.34. The average Bonchev–Trinajstić information content (AvgIpc) is 3.22. The highest BCUT2D eigenvalue weighted by molar-refractivity contribution is 7.99. The molecule has 4 rings (SSSR count). The second-order valence-electron chi connectivity index (χ2n) is 6.59. The van der Waals surface area contributed by atoms with Crippen molar-refractivity contribution in [1.82, 2.24) is 19.7 Å². The highest BCUT2D eigenvalue weighted by atomic mass is 32.2. The van der Waals surface area contributed by atoms with E-state index in [1.165, 1.54) is 10.8 Å². The number of nitrogens with zero attached hydrogens (tertiary/aromatic N) is 3. The highest BCUT2D eigenvalue weighted by Crippen LogP contribution is 2.23. The van der Waals surface area contributed by atoms with Gasteiger partial charge in [0.15, 0.2) is 10.8 Å². The van der Waals surface area contributed by atoms with Crippen molar-refractivity contribution < 1.29 is 18.3 Å².